The highest BCUT2D eigenvalue weighted by molar-refractivity contribution is 7.46. The molecular formula is C18H25O5P. The molecule has 5 nitrogen and oxygen atoms in total. The molecule has 6 heteroatoms. The Morgan fingerprint density at radius 3 is 2.75 bits per heavy atom. The van der Waals surface area contributed by atoms with E-state index in [1.807, 2.05) is 6.07 Å². The van der Waals surface area contributed by atoms with E-state index in [1.165, 1.54) is 11.1 Å². The van der Waals surface area contributed by atoms with Crippen molar-refractivity contribution in [3.05, 3.63) is 29.3 Å². The van der Waals surface area contributed by atoms with E-state index in [0.29, 0.717) is 23.5 Å². The summed E-state index contributed by atoms with van der Waals surface area (Å²) in [7, 11) is -4.44. The maximum absolute atomic E-state index is 11.3. The smallest absolute Gasteiger partial charge is 0.469 e. The molecule has 0 heterocycles. The van der Waals surface area contributed by atoms with Crippen LogP contribution in [0.25, 0.3) is 0 Å². The van der Waals surface area contributed by atoms with Crippen LogP contribution in [0.1, 0.15) is 56.1 Å². The molecule has 0 aliphatic heterocycles. The molecule has 2 fully saturated rings. The van der Waals surface area contributed by atoms with Crippen LogP contribution in [0.2, 0.25) is 0 Å². The summed E-state index contributed by atoms with van der Waals surface area (Å²) in [5.41, 5.74) is 2.49. The normalized spacial score (nSPS) is 38.3. The fourth-order valence-electron chi connectivity index (χ4n) is 5.86. The molecule has 3 aliphatic rings. The van der Waals surface area contributed by atoms with Gasteiger partial charge in [-0.2, -0.15) is 0 Å². The third kappa shape index (κ3) is 2.62. The summed E-state index contributed by atoms with van der Waals surface area (Å²) in [5.74, 6) is 1.84. The standard InChI is InChI=1S/C18H25O5P/c1-18-9-8-14-13-5-3-12(19)10-11(13)2-4-15(14)16(18)6-7-17(18)23-24(20,21)22/h3,5,10,14-17,19H,2,4,6-9H2,1H3,(H2,20,21,22)/t14-,15+,16+,17+,18-/m1/s1. The molecule has 0 radical (unpaired) electrons. The average molecular weight is 352 g/mol. The quantitative estimate of drug-likeness (QED) is 0.706. The lowest BCUT2D eigenvalue weighted by molar-refractivity contribution is -0.0217. The predicted molar refractivity (Wildman–Crippen MR) is 89.6 cm³/mol. The summed E-state index contributed by atoms with van der Waals surface area (Å²) < 4.78 is 16.5. The molecular weight excluding hydrogens is 327 g/mol. The van der Waals surface area contributed by atoms with Crippen molar-refractivity contribution in [1.82, 2.24) is 0 Å². The number of rotatable bonds is 2. The number of phenols is 1. The highest BCUT2D eigenvalue weighted by Crippen LogP contribution is 2.63. The van der Waals surface area contributed by atoms with Gasteiger partial charge in [0.2, 0.25) is 0 Å². The summed E-state index contributed by atoms with van der Waals surface area (Å²) in [6, 6.07) is 5.75. The molecule has 3 N–H and O–H groups in total. The Bertz CT molecular complexity index is 699. The van der Waals surface area contributed by atoms with Gasteiger partial charge in [-0.3, -0.25) is 4.52 Å². The molecule has 5 atom stereocenters. The van der Waals surface area contributed by atoms with Gasteiger partial charge < -0.3 is 14.9 Å². The maximum atomic E-state index is 11.3. The maximum Gasteiger partial charge on any atom is 0.469 e. The first kappa shape index (κ1) is 16.6. The van der Waals surface area contributed by atoms with Gasteiger partial charge in [0.15, 0.2) is 0 Å². The van der Waals surface area contributed by atoms with Crippen molar-refractivity contribution in [2.75, 3.05) is 0 Å². The lowest BCUT2D eigenvalue weighted by Gasteiger charge is -2.50. The summed E-state index contributed by atoms with van der Waals surface area (Å²) in [5, 5.41) is 9.73. The molecule has 0 spiro atoms. The van der Waals surface area contributed by atoms with Gasteiger partial charge >= 0.3 is 7.82 Å². The highest BCUT2D eigenvalue weighted by atomic mass is 31.2. The number of phosphoric acid groups is 1. The van der Waals surface area contributed by atoms with Crippen LogP contribution in [0.15, 0.2) is 18.2 Å². The van der Waals surface area contributed by atoms with Crippen molar-refractivity contribution in [3.63, 3.8) is 0 Å². The van der Waals surface area contributed by atoms with E-state index in [1.54, 1.807) is 6.07 Å². The highest BCUT2D eigenvalue weighted by Gasteiger charge is 2.56. The van der Waals surface area contributed by atoms with Crippen LogP contribution >= 0.6 is 7.82 Å². The summed E-state index contributed by atoms with van der Waals surface area (Å²) in [6.45, 7) is 2.16. The third-order valence-corrected chi connectivity index (χ3v) is 7.42. The van der Waals surface area contributed by atoms with Crippen molar-refractivity contribution in [2.24, 2.45) is 17.3 Å². The second-order valence-electron chi connectivity index (χ2n) is 8.01. The molecule has 2 saturated carbocycles. The molecule has 132 valence electrons. The molecule has 0 unspecified atom stereocenters. The first-order valence-electron chi connectivity index (χ1n) is 8.84. The first-order chi connectivity index (χ1) is 11.3. The van der Waals surface area contributed by atoms with Gasteiger partial charge in [-0.1, -0.05) is 13.0 Å². The van der Waals surface area contributed by atoms with Crippen molar-refractivity contribution in [3.8, 4) is 5.75 Å². The van der Waals surface area contributed by atoms with Gasteiger partial charge in [0, 0.05) is 0 Å². The van der Waals surface area contributed by atoms with E-state index in [9.17, 15) is 19.5 Å². The van der Waals surface area contributed by atoms with Crippen LogP contribution in [-0.2, 0) is 15.5 Å². The third-order valence-electron chi connectivity index (χ3n) is 6.89. The number of aromatic hydroxyl groups is 1. The fourth-order valence-corrected chi connectivity index (χ4v) is 6.54. The Labute approximate surface area is 142 Å². The van der Waals surface area contributed by atoms with Gasteiger partial charge in [0.1, 0.15) is 5.75 Å². The van der Waals surface area contributed by atoms with Gasteiger partial charge in [0.05, 0.1) is 6.10 Å². The van der Waals surface area contributed by atoms with Crippen molar-refractivity contribution >= 4 is 7.82 Å². The van der Waals surface area contributed by atoms with E-state index in [2.05, 4.69) is 13.0 Å². The zero-order valence-electron chi connectivity index (χ0n) is 13.9. The Morgan fingerprint density at radius 2 is 2.00 bits per heavy atom. The van der Waals surface area contributed by atoms with Gasteiger partial charge in [-0.25, -0.2) is 4.57 Å². The monoisotopic (exact) mass is 352 g/mol. The Morgan fingerprint density at radius 1 is 1.21 bits per heavy atom. The molecule has 3 aliphatic carbocycles. The first-order valence-corrected chi connectivity index (χ1v) is 10.4. The average Bonchev–Trinajstić information content (AvgIpc) is 2.82. The SMILES string of the molecule is C[C@@]12CC[C@@H]3c4ccc(O)cc4CC[C@@H]3[C@@H]1CC[C@@H]2OP(=O)(O)O. The largest absolute Gasteiger partial charge is 0.508 e. The second kappa shape index (κ2) is 5.57. The molecule has 0 saturated heterocycles. The predicted octanol–water partition coefficient (Wildman–Crippen LogP) is 3.73. The Kier molecular flexibility index (Phi) is 3.85. The Hall–Kier alpha value is -0.870. The zero-order chi connectivity index (χ0) is 17.1. The minimum atomic E-state index is -4.44. The summed E-state index contributed by atoms with van der Waals surface area (Å²) >= 11 is 0. The van der Waals surface area contributed by atoms with E-state index in [-0.39, 0.29) is 11.5 Å². The fraction of sp³-hybridized carbons (Fsp3) is 0.667. The van der Waals surface area contributed by atoms with Gasteiger partial charge in [-0.15, -0.1) is 0 Å². The molecule has 0 bridgehead atoms. The zero-order valence-corrected chi connectivity index (χ0v) is 14.8. The Balaban J connectivity index is 1.62. The number of phenolic OH excluding ortho intramolecular Hbond substituents is 1. The van der Waals surface area contributed by atoms with E-state index in [4.69, 9.17) is 4.52 Å². The minimum Gasteiger partial charge on any atom is -0.508 e. The van der Waals surface area contributed by atoms with Crippen LogP contribution in [-0.4, -0.2) is 21.0 Å². The minimum absolute atomic E-state index is 0.142. The molecule has 1 aromatic carbocycles. The lowest BCUT2D eigenvalue weighted by atomic mass is 9.55. The van der Waals surface area contributed by atoms with E-state index in [0.717, 1.165) is 38.5 Å². The van der Waals surface area contributed by atoms with Crippen LogP contribution in [0.3, 0.4) is 0 Å². The van der Waals surface area contributed by atoms with Crippen LogP contribution in [0, 0.1) is 17.3 Å². The number of hydrogen-bond donors (Lipinski definition) is 3. The topological polar surface area (TPSA) is 87.0 Å². The van der Waals surface area contributed by atoms with Crippen molar-refractivity contribution in [1.29, 1.82) is 0 Å². The van der Waals surface area contributed by atoms with Crippen molar-refractivity contribution < 1.29 is 24.0 Å². The summed E-state index contributed by atoms with van der Waals surface area (Å²) in [6.07, 6.45) is 5.39. The number of fused-ring (bicyclic) bond motifs is 5. The molecule has 0 amide bonds. The number of benzene rings is 1. The summed E-state index contributed by atoms with van der Waals surface area (Å²) in [4.78, 5) is 18.5. The van der Waals surface area contributed by atoms with Crippen molar-refractivity contribution in [2.45, 2.75) is 57.5 Å². The van der Waals surface area contributed by atoms with E-state index < -0.39 is 7.82 Å². The molecule has 1 aromatic rings. The van der Waals surface area contributed by atoms with Crippen LogP contribution < -0.4 is 0 Å². The van der Waals surface area contributed by atoms with Gasteiger partial charge in [-0.05, 0) is 85.0 Å². The lowest BCUT2D eigenvalue weighted by Crippen LogP contribution is -2.44. The molecule has 4 rings (SSSR count). The van der Waals surface area contributed by atoms with E-state index >= 15 is 0 Å². The van der Waals surface area contributed by atoms with Crippen LogP contribution in [0.5, 0.6) is 5.75 Å². The molecule has 0 aromatic heterocycles. The molecule has 24 heavy (non-hydrogen) atoms. The second-order valence-corrected chi connectivity index (χ2v) is 9.20. The number of hydrogen-bond acceptors (Lipinski definition) is 3. The number of phosphoric ester groups is 1. The number of aryl methyl sites for hydroxylation is 1. The van der Waals surface area contributed by atoms with Crippen LogP contribution in [0.4, 0.5) is 0 Å². The van der Waals surface area contributed by atoms with Gasteiger partial charge in [0.25, 0.3) is 0 Å².